The molecular formula is C80H156O17P2. The molecule has 0 fully saturated rings. The van der Waals surface area contributed by atoms with Gasteiger partial charge in [0.2, 0.25) is 0 Å². The summed E-state index contributed by atoms with van der Waals surface area (Å²) >= 11 is 0. The quantitative estimate of drug-likeness (QED) is 0.0222. The maximum Gasteiger partial charge on any atom is 0.472 e. The second-order valence-electron chi connectivity index (χ2n) is 29.8. The molecule has 0 aromatic rings. The summed E-state index contributed by atoms with van der Waals surface area (Å²) in [6.45, 7) is 9.65. The van der Waals surface area contributed by atoms with Gasteiger partial charge in [-0.25, -0.2) is 9.13 Å². The van der Waals surface area contributed by atoms with Gasteiger partial charge in [-0.15, -0.1) is 0 Å². The van der Waals surface area contributed by atoms with Gasteiger partial charge in [0.1, 0.15) is 19.3 Å². The van der Waals surface area contributed by atoms with Crippen LogP contribution in [0.4, 0.5) is 0 Å². The van der Waals surface area contributed by atoms with Gasteiger partial charge >= 0.3 is 39.5 Å². The average Bonchev–Trinajstić information content (AvgIpc) is 0.969. The van der Waals surface area contributed by atoms with Crippen molar-refractivity contribution in [2.45, 2.75) is 439 Å². The molecule has 0 saturated heterocycles. The zero-order valence-electron chi connectivity index (χ0n) is 64.8. The summed E-state index contributed by atoms with van der Waals surface area (Å²) in [6.07, 6.45) is 60.9. The fourth-order valence-corrected chi connectivity index (χ4v) is 13.9. The molecule has 0 saturated carbocycles. The number of carbonyl (C=O) groups is 4. The molecule has 19 heteroatoms. The van der Waals surface area contributed by atoms with E-state index in [1.807, 2.05) is 0 Å². The average molecular weight is 1450 g/mol. The first-order valence-electron chi connectivity index (χ1n) is 41.5. The topological polar surface area (TPSA) is 237 Å². The first-order chi connectivity index (χ1) is 47.9. The Kier molecular flexibility index (Phi) is 70.3. The lowest BCUT2D eigenvalue weighted by atomic mass is 10.0. The summed E-state index contributed by atoms with van der Waals surface area (Å²) in [5.41, 5.74) is 0. The molecule has 2 unspecified atom stereocenters. The number of rotatable bonds is 79. The smallest absolute Gasteiger partial charge is 0.462 e. The molecule has 0 radical (unpaired) electrons. The van der Waals surface area contributed by atoms with Gasteiger partial charge in [-0.2, -0.15) is 0 Å². The summed E-state index contributed by atoms with van der Waals surface area (Å²) < 4.78 is 68.7. The van der Waals surface area contributed by atoms with Gasteiger partial charge in [0.05, 0.1) is 26.4 Å². The largest absolute Gasteiger partial charge is 0.472 e. The van der Waals surface area contributed by atoms with Crippen molar-refractivity contribution in [3.63, 3.8) is 0 Å². The Hall–Kier alpha value is -1.94. The maximum atomic E-state index is 13.1. The van der Waals surface area contributed by atoms with E-state index in [1.165, 1.54) is 238 Å². The monoisotopic (exact) mass is 1450 g/mol. The summed E-state index contributed by atoms with van der Waals surface area (Å²) in [7, 11) is -9.92. The van der Waals surface area contributed by atoms with Crippen LogP contribution in [0.25, 0.3) is 0 Å². The van der Waals surface area contributed by atoms with Gasteiger partial charge in [0.15, 0.2) is 12.2 Å². The number of ether oxygens (including phenoxy) is 4. The van der Waals surface area contributed by atoms with Crippen molar-refractivity contribution in [1.82, 2.24) is 0 Å². The Labute approximate surface area is 607 Å². The zero-order chi connectivity index (χ0) is 72.8. The van der Waals surface area contributed by atoms with Crippen LogP contribution in [0.2, 0.25) is 0 Å². The molecule has 0 amide bonds. The molecular weight excluding hydrogens is 1290 g/mol. The fraction of sp³-hybridized carbons (Fsp3) is 0.950. The molecule has 0 aromatic heterocycles. The van der Waals surface area contributed by atoms with Crippen LogP contribution >= 0.6 is 15.6 Å². The lowest BCUT2D eigenvalue weighted by Gasteiger charge is -2.21. The van der Waals surface area contributed by atoms with Gasteiger partial charge in [-0.3, -0.25) is 37.3 Å². The molecule has 0 heterocycles. The highest BCUT2D eigenvalue weighted by atomic mass is 31.2. The van der Waals surface area contributed by atoms with Crippen LogP contribution in [0.5, 0.6) is 0 Å². The molecule has 3 N–H and O–H groups in total. The number of esters is 4. The van der Waals surface area contributed by atoms with Gasteiger partial charge < -0.3 is 33.8 Å². The fourth-order valence-electron chi connectivity index (χ4n) is 12.4. The molecule has 0 bridgehead atoms. The Morgan fingerprint density at radius 2 is 0.465 bits per heavy atom. The summed E-state index contributed by atoms with van der Waals surface area (Å²) in [4.78, 5) is 73.0. The van der Waals surface area contributed by atoms with E-state index in [-0.39, 0.29) is 25.7 Å². The minimum Gasteiger partial charge on any atom is -0.462 e. The molecule has 0 rings (SSSR count). The van der Waals surface area contributed by atoms with E-state index in [4.69, 9.17) is 37.0 Å². The van der Waals surface area contributed by atoms with Gasteiger partial charge in [-0.1, -0.05) is 369 Å². The number of carbonyl (C=O) groups excluding carboxylic acids is 4. The molecule has 0 aliphatic carbocycles. The van der Waals surface area contributed by atoms with Crippen molar-refractivity contribution in [1.29, 1.82) is 0 Å². The summed E-state index contributed by atoms with van der Waals surface area (Å²) in [5.74, 6) is -0.546. The highest BCUT2D eigenvalue weighted by molar-refractivity contribution is 7.47. The first-order valence-corrected chi connectivity index (χ1v) is 44.5. The molecule has 17 nitrogen and oxygen atoms in total. The summed E-state index contributed by atoms with van der Waals surface area (Å²) in [5, 5.41) is 10.6. The number of aliphatic hydroxyl groups excluding tert-OH is 1. The van der Waals surface area contributed by atoms with Crippen molar-refractivity contribution in [2.24, 2.45) is 11.8 Å². The standard InChI is InChI=1S/C80H156O17P2/c1-7-9-11-13-15-17-19-21-24-28-32-39-45-51-57-63-78(83)91-68-75(96-79(84)64-58-52-46-40-33-29-26-23-22-25-27-30-36-42-48-54-60-72(3)4)70-94-98(86,87)92-66-74(81)67-93-99(88,89)95-71-76(69-90-77(82)62-56-50-44-38-31-20-18-16-14-12-10-8-2)97-80(85)65-59-53-47-41-35-34-37-43-49-55-61-73(5)6/h72-76,81H,7-71H2,1-6H3,(H,86,87)(H,88,89)/t74-,75-,76-/m1/s1. The maximum absolute atomic E-state index is 13.1. The van der Waals surface area contributed by atoms with E-state index in [0.717, 1.165) is 102 Å². The van der Waals surface area contributed by atoms with Crippen LogP contribution in [0.1, 0.15) is 420 Å². The molecule has 588 valence electrons. The number of phosphoric ester groups is 2. The van der Waals surface area contributed by atoms with Gasteiger partial charge in [0.25, 0.3) is 0 Å². The lowest BCUT2D eigenvalue weighted by molar-refractivity contribution is -0.161. The van der Waals surface area contributed by atoms with Crippen LogP contribution in [0, 0.1) is 11.8 Å². The molecule has 0 spiro atoms. The number of hydrogen-bond acceptors (Lipinski definition) is 15. The van der Waals surface area contributed by atoms with E-state index in [9.17, 15) is 43.2 Å². The third-order valence-corrected chi connectivity index (χ3v) is 20.6. The Bertz CT molecular complexity index is 1910. The van der Waals surface area contributed by atoms with Crippen LogP contribution in [0.3, 0.4) is 0 Å². The Balaban J connectivity index is 5.25. The van der Waals surface area contributed by atoms with Crippen LogP contribution in [-0.2, 0) is 65.4 Å². The Morgan fingerprint density at radius 3 is 0.687 bits per heavy atom. The van der Waals surface area contributed by atoms with E-state index >= 15 is 0 Å². The number of hydrogen-bond donors (Lipinski definition) is 3. The third kappa shape index (κ3) is 74.1. The number of aliphatic hydroxyl groups is 1. The second kappa shape index (κ2) is 71.7. The van der Waals surface area contributed by atoms with Crippen molar-refractivity contribution in [2.75, 3.05) is 39.6 Å². The zero-order valence-corrected chi connectivity index (χ0v) is 66.6. The molecule has 5 atom stereocenters. The van der Waals surface area contributed by atoms with Crippen molar-refractivity contribution < 1.29 is 80.2 Å². The van der Waals surface area contributed by atoms with Gasteiger partial charge in [0, 0.05) is 25.7 Å². The number of unbranched alkanes of at least 4 members (excludes halogenated alkanes) is 49. The van der Waals surface area contributed by atoms with Crippen LogP contribution < -0.4 is 0 Å². The van der Waals surface area contributed by atoms with Gasteiger partial charge in [-0.05, 0) is 37.5 Å². The molecule has 0 aromatic carbocycles. The minimum atomic E-state index is -4.96. The third-order valence-electron chi connectivity index (χ3n) is 18.7. The van der Waals surface area contributed by atoms with E-state index in [2.05, 4.69) is 41.5 Å². The van der Waals surface area contributed by atoms with Crippen LogP contribution in [0.15, 0.2) is 0 Å². The second-order valence-corrected chi connectivity index (χ2v) is 32.7. The van der Waals surface area contributed by atoms with Crippen LogP contribution in [-0.4, -0.2) is 96.7 Å². The van der Waals surface area contributed by atoms with Crippen molar-refractivity contribution >= 4 is 39.5 Å². The van der Waals surface area contributed by atoms with E-state index in [0.29, 0.717) is 25.7 Å². The highest BCUT2D eigenvalue weighted by Gasteiger charge is 2.30. The SMILES string of the molecule is CCCCCCCCCCCCCCCCCC(=O)OC[C@H](COP(=O)(O)OC[C@@H](O)COP(=O)(O)OC[C@@H](COC(=O)CCCCCCCCCCCCCC)OC(=O)CCCCCCCCCCCCC(C)C)OC(=O)CCCCCCCCCCCCCCCCCCC(C)C. The summed E-state index contributed by atoms with van der Waals surface area (Å²) in [6, 6.07) is 0. The first kappa shape index (κ1) is 97.1. The normalized spacial score (nSPS) is 13.9. The van der Waals surface area contributed by atoms with Crippen molar-refractivity contribution in [3.05, 3.63) is 0 Å². The molecule has 99 heavy (non-hydrogen) atoms. The van der Waals surface area contributed by atoms with E-state index in [1.54, 1.807) is 0 Å². The van der Waals surface area contributed by atoms with E-state index < -0.39 is 97.5 Å². The minimum absolute atomic E-state index is 0.107. The Morgan fingerprint density at radius 1 is 0.273 bits per heavy atom. The predicted octanol–water partition coefficient (Wildman–Crippen LogP) is 23.9. The lowest BCUT2D eigenvalue weighted by Crippen LogP contribution is -2.30. The molecule has 0 aliphatic rings. The predicted molar refractivity (Wildman–Crippen MR) is 405 cm³/mol. The molecule has 0 aliphatic heterocycles. The van der Waals surface area contributed by atoms with Crippen molar-refractivity contribution in [3.8, 4) is 0 Å². The number of phosphoric acid groups is 2. The highest BCUT2D eigenvalue weighted by Crippen LogP contribution is 2.45.